The summed E-state index contributed by atoms with van der Waals surface area (Å²) in [7, 11) is 4.76. The monoisotopic (exact) mass is 2370 g/mol. The SMILES string of the molecule is C.C.C.C.CB(O)N1[C@@H]2CCC[C@@]1(C)CC(=O)C2.CB(O)N1[C@@H]2CCC[C@@]1(C)CC(=O)[C@@H]2F.CB(O)N1[C@@H]2CCC[C@@]1(C)C[C@H](O)[C@@H]2F.CC(=O)CCCC=O.CCOC(OCC)C(=O)c1ccc(Br)cc1OC.CCOC(OCC)OCC.COc1cc(Br)ccc1C(=O)C=O.COc1cc(Br)ccc1C(C)=O.C[B]OOCB=O.C[C@]12CCC[C@H](CC(=O)C1)N2.NCC(N)=S.O=C(O)CC(=O)CC(=O)O.O=[Se]=O.[B].[H-].[Na+]. The molecule has 147 heavy (non-hydrogen) atoms. The Kier molecular flexibility index (Phi) is 91.6. The Morgan fingerprint density at radius 1 is 0.639 bits per heavy atom. The fraction of sp³-hybridized carbons (Fsp3) is 0.677. The molecule has 8 aliphatic rings. The van der Waals surface area contributed by atoms with Gasteiger partial charge in [0.2, 0.25) is 17.9 Å². The number of aliphatic carboxylic acids is 2. The first kappa shape index (κ1) is 157. The van der Waals surface area contributed by atoms with E-state index in [0.717, 1.165) is 77.5 Å². The number of hydrogen-bond acceptors (Lipinski definition) is 35. The standard InChI is InChI=1S/C13H17BrO4.C10H19BFNO2.C10H17BFNO2.C10H18BNO2.C9H7BrO3.C9H9BrO2.C9H15NO.C7H16O3.C6H10O2.C5H6O5.C2H5B2O3.C2H6N2S.4CH4.B.Na.O2Se.H/c1-4-17-13(18-5-2)12(15)10-7-6-9(14)8-11(10)16-3;2*1-10-5-3-4-7(13(10)11(2)15)9(12)8(14)6-10;1-10-5-3-4-8(6-9(13)7-10)12(10)11(2)14;1-13-9-4-6(10)2-3-7(9)8(12)5-11;1-6(11)8-4-3-7(10)5-9(8)12-2;1-9-4-2-3-7(10-9)5-8(11)6-9;1-4-8-7(9-5-2)10-6-3;1-6(8)4-2-3-5-7;6-3(1-4(7)8)2-5(9)10;1-3-7-6-2-4-5;3-1-2(4)5;;;;;;;1-3-2;/h6-8,13H,4-5H2,1-3H3;7-9,14-15H,3-6H2,1-2H3;7,9,15H,3-6H2,1-2H3;8,14H,3-7H2,1-2H3;2-5H,1H3;3-5H,1-2H3;7,10H,2-6H2,1H3;7H,4-6H2,1-3H3;5H,2-4H2,1H3;1-2H2,(H,7,8)(H,9,10);2H2,1H3;1,3H2,(H2,4,5);4*1H4;;;;/q;;;;;;;;;;;;;;;;;+1;;-1/t;7-,8+,9-,10+;7-,9-,10+;8-,10+;;;7-,9+;;;;;;;;;;;;;/m.111..1............./s1. The van der Waals surface area contributed by atoms with E-state index < -0.39 is 110 Å². The number of methoxy groups -OCH3 is 3. The van der Waals surface area contributed by atoms with E-state index >= 15 is 0 Å². The molecule has 11 N–H and O–H groups in total. The molecule has 8 saturated heterocycles. The number of halogens is 5. The van der Waals surface area contributed by atoms with E-state index in [2.05, 4.69) is 93.7 Å². The van der Waals surface area contributed by atoms with Crippen LogP contribution in [0.15, 0.2) is 68.0 Å². The van der Waals surface area contributed by atoms with Gasteiger partial charge in [0.1, 0.15) is 59.9 Å². The molecule has 0 unspecified atom stereocenters. The van der Waals surface area contributed by atoms with E-state index in [1.807, 2.05) is 66.2 Å². The second-order valence-corrected chi connectivity index (χ2v) is 37.8. The molecular formula is C96H162B6Br3F2N6NaO31SSe. The van der Waals surface area contributed by atoms with Gasteiger partial charge in [0.05, 0.1) is 49.1 Å². The number of carbonyl (C=O) groups excluding carboxylic acids is 10. The molecule has 4 radical (unpaired) electrons. The number of aldehydes is 2. The molecular weight excluding hydrogens is 2210 g/mol. The largest absolute Gasteiger partial charge is 1.00 e. The van der Waals surface area contributed by atoms with E-state index in [9.17, 15) is 91.2 Å². The Balaban J connectivity index is -0.000000204. The van der Waals surface area contributed by atoms with Crippen LogP contribution in [-0.2, 0) is 88.9 Å². The number of piperidine rings is 8. The van der Waals surface area contributed by atoms with Crippen LogP contribution in [0.4, 0.5) is 8.78 Å². The number of carbonyl (C=O) groups is 12. The number of unbranched alkanes of at least 4 members (excludes halogenated alkanes) is 1. The molecule has 3 aromatic carbocycles. The van der Waals surface area contributed by atoms with Crippen molar-refractivity contribution in [3.05, 3.63) is 84.7 Å². The molecule has 8 aliphatic heterocycles. The van der Waals surface area contributed by atoms with Crippen LogP contribution in [0.1, 0.15) is 286 Å². The smallest absolute Gasteiger partial charge is 1.00 e. The summed E-state index contributed by atoms with van der Waals surface area (Å²) in [6, 6.07) is 15.5. The molecule has 37 nitrogen and oxygen atoms in total. The maximum Gasteiger partial charge on any atom is 1.00 e. The molecule has 0 saturated carbocycles. The van der Waals surface area contributed by atoms with E-state index in [1.165, 1.54) is 61.2 Å². The van der Waals surface area contributed by atoms with Crippen molar-refractivity contribution in [2.45, 2.75) is 358 Å². The van der Waals surface area contributed by atoms with Crippen LogP contribution in [0.5, 0.6) is 17.2 Å². The van der Waals surface area contributed by atoms with Gasteiger partial charge < -0.3 is 111 Å². The van der Waals surface area contributed by atoms with Crippen LogP contribution in [0.25, 0.3) is 0 Å². The van der Waals surface area contributed by atoms with E-state index in [1.54, 1.807) is 80.9 Å². The van der Waals surface area contributed by atoms with Crippen molar-refractivity contribution in [1.29, 1.82) is 0 Å². The number of Topliss-reactive ketones (excluding diaryl/α,β-unsaturated/α-hetero) is 8. The Hall–Kier alpha value is -5.44. The third-order valence-corrected chi connectivity index (χ3v) is 24.4. The zero-order valence-corrected chi connectivity index (χ0v) is 95.1. The number of ketones is 8. The summed E-state index contributed by atoms with van der Waals surface area (Å²) in [4.78, 5) is 143. The number of alkyl halides is 2. The number of benzene rings is 3. The van der Waals surface area contributed by atoms with E-state index in [-0.39, 0.29) is 151 Å². The van der Waals surface area contributed by atoms with E-state index in [0.29, 0.717) is 143 Å². The van der Waals surface area contributed by atoms with Crippen LogP contribution in [0.2, 0.25) is 27.3 Å². The minimum atomic E-state index is -1.62. The molecule has 8 heterocycles. The minimum Gasteiger partial charge on any atom is -1.00 e. The fourth-order valence-electron chi connectivity index (χ4n) is 17.4. The van der Waals surface area contributed by atoms with Crippen LogP contribution in [-0.4, -0.2) is 325 Å². The summed E-state index contributed by atoms with van der Waals surface area (Å²) in [6.07, 6.45) is 12.6. The van der Waals surface area contributed by atoms with Crippen molar-refractivity contribution in [3.8, 4) is 17.2 Å². The molecule has 51 heteroatoms. The molecule has 3 aromatic rings. The van der Waals surface area contributed by atoms with Crippen LogP contribution < -0.4 is 60.6 Å². The average molecular weight is 2370 g/mol. The number of carboxylic acid groups (broad SMARTS) is 2. The molecule has 0 aromatic heterocycles. The van der Waals surface area contributed by atoms with Crippen molar-refractivity contribution in [3.63, 3.8) is 0 Å². The number of carboxylic acids is 2. The van der Waals surface area contributed by atoms with Crippen LogP contribution >= 0.6 is 60.0 Å². The predicted octanol–water partition coefficient (Wildman–Crippen LogP) is 11.0. The summed E-state index contributed by atoms with van der Waals surface area (Å²) in [5, 5.41) is 58.3. The Bertz CT molecular complexity index is 4380. The first-order chi connectivity index (χ1) is 66.3. The van der Waals surface area contributed by atoms with Crippen LogP contribution in [0.3, 0.4) is 0 Å². The normalized spacial score (nSPS) is 21.4. The Labute approximate surface area is 934 Å². The summed E-state index contributed by atoms with van der Waals surface area (Å²) in [6.45, 7) is 30.0. The molecule has 828 valence electrons. The number of ether oxygens (including phenoxy) is 8. The number of aliphatic hydroxyl groups is 1. The summed E-state index contributed by atoms with van der Waals surface area (Å²) < 4.78 is 97.4. The Morgan fingerprint density at radius 2 is 1.05 bits per heavy atom. The van der Waals surface area contributed by atoms with Gasteiger partial charge >= 0.3 is 127 Å². The number of rotatable bonds is 34. The number of fused-ring (bicyclic) bond motifs is 8. The third kappa shape index (κ3) is 60.9. The van der Waals surface area contributed by atoms with Crippen LogP contribution in [0, 0.1) is 0 Å². The minimum absolute atomic E-state index is 0. The topological polar surface area (TPSA) is 544 Å². The van der Waals surface area contributed by atoms with Gasteiger partial charge in [-0.15, -0.1) is 0 Å². The third-order valence-electron chi connectivity index (χ3n) is 22.7. The number of aliphatic hydroxyl groups excluding tert-OH is 1. The molecule has 8 bridgehead atoms. The van der Waals surface area contributed by atoms with Gasteiger partial charge in [0.15, 0.2) is 29.8 Å². The summed E-state index contributed by atoms with van der Waals surface area (Å²) in [5.41, 5.74) is 10.6. The number of nitrogens with zero attached hydrogens (tertiary/aromatic N) is 3. The van der Waals surface area contributed by atoms with Crippen molar-refractivity contribution < 1.29 is 188 Å². The number of hydrogen-bond donors (Lipinski definition) is 9. The second-order valence-electron chi connectivity index (χ2n) is 34.3. The molecule has 0 aliphatic carbocycles. The maximum absolute atomic E-state index is 13.8. The zero-order valence-electron chi connectivity index (χ0n) is 86.8. The van der Waals surface area contributed by atoms with Gasteiger partial charge in [-0.25, -0.2) is 8.78 Å². The van der Waals surface area contributed by atoms with Crippen molar-refractivity contribution in [2.75, 3.05) is 67.4 Å². The van der Waals surface area contributed by atoms with Gasteiger partial charge in [-0.1, -0.05) is 115 Å². The van der Waals surface area contributed by atoms with Crippen molar-refractivity contribution in [2.24, 2.45) is 11.5 Å². The summed E-state index contributed by atoms with van der Waals surface area (Å²) >= 11 is 12.6. The van der Waals surface area contributed by atoms with Gasteiger partial charge in [-0.3, -0.25) is 47.9 Å². The number of nitrogens with one attached hydrogen (secondary N) is 1. The molecule has 8 fully saturated rings. The first-order valence-corrected chi connectivity index (χ1v) is 50.6. The Morgan fingerprint density at radius 3 is 1.44 bits per heavy atom. The number of nitrogens with two attached hydrogens (primary N) is 2. The predicted molar refractivity (Wildman–Crippen MR) is 577 cm³/mol. The van der Waals surface area contributed by atoms with E-state index in [4.69, 9.17) is 67.2 Å². The average Bonchev–Trinajstić information content (AvgIpc) is 0.747. The summed E-state index contributed by atoms with van der Waals surface area (Å²) in [5.74, 6) is -2.00. The quantitative estimate of drug-likeness (QED) is 0.00256. The molecule has 0 amide bonds. The fourth-order valence-corrected chi connectivity index (χ4v) is 18.4. The zero-order chi connectivity index (χ0) is 108. The maximum atomic E-state index is 13.8. The first-order valence-electron chi connectivity index (χ1n) is 46.4. The molecule has 11 rings (SSSR count). The van der Waals surface area contributed by atoms with Gasteiger partial charge in [-0.05, 0) is 215 Å². The van der Waals surface area contributed by atoms with Crippen molar-refractivity contribution >= 4 is 195 Å². The second kappa shape index (κ2) is 85.9. The van der Waals surface area contributed by atoms with Crippen molar-refractivity contribution in [1.82, 2.24) is 19.7 Å². The number of thiocarbonyl (C=S) groups is 1. The van der Waals surface area contributed by atoms with Gasteiger partial charge in [0, 0.05) is 153 Å². The van der Waals surface area contributed by atoms with Gasteiger partial charge in [-0.2, -0.15) is 0 Å². The molecule has 11 atom stereocenters. The molecule has 0 spiro atoms. The van der Waals surface area contributed by atoms with Gasteiger partial charge in [0.25, 0.3) is 6.48 Å².